The summed E-state index contributed by atoms with van der Waals surface area (Å²) < 4.78 is 10.7. The fraction of sp³-hybridized carbons (Fsp3) is 0.263. The summed E-state index contributed by atoms with van der Waals surface area (Å²) in [6, 6.07) is 14.5. The molecule has 1 amide bonds. The Bertz CT molecular complexity index is 776. The Balaban J connectivity index is 1.58. The topological polar surface area (TPSA) is 76.7 Å². The Morgan fingerprint density at radius 2 is 1.92 bits per heavy atom. The third-order valence-electron chi connectivity index (χ3n) is 4.04. The summed E-state index contributed by atoms with van der Waals surface area (Å²) in [5.74, 6) is -0.0940. The minimum atomic E-state index is -0.535. The molecule has 1 aliphatic rings. The number of esters is 1. The number of fused-ring (bicyclic) bond motifs is 1. The number of nitrogens with one attached hydrogen (secondary N) is 2. The molecule has 1 atom stereocenters. The zero-order valence-corrected chi connectivity index (χ0v) is 14.0. The molecule has 1 aliphatic heterocycles. The van der Waals surface area contributed by atoms with Gasteiger partial charge in [0.05, 0.1) is 18.2 Å². The van der Waals surface area contributed by atoms with Crippen LogP contribution in [0.1, 0.15) is 28.4 Å². The second-order valence-electron chi connectivity index (χ2n) is 5.67. The molecule has 0 spiro atoms. The van der Waals surface area contributed by atoms with Gasteiger partial charge >= 0.3 is 5.97 Å². The Hall–Kier alpha value is -3.02. The first-order chi connectivity index (χ1) is 12.2. The highest BCUT2D eigenvalue weighted by atomic mass is 16.5. The quantitative estimate of drug-likeness (QED) is 0.818. The summed E-state index contributed by atoms with van der Waals surface area (Å²) in [7, 11) is 1.72. The summed E-state index contributed by atoms with van der Waals surface area (Å²) >= 11 is 0. The SMILES string of the molecule is CNc1ccccc1C(=O)OCC(=O)NC1CCOc2ccccc21. The molecule has 6 heteroatoms. The molecule has 3 rings (SSSR count). The molecule has 2 aromatic carbocycles. The number of anilines is 1. The number of benzene rings is 2. The van der Waals surface area contributed by atoms with E-state index in [1.807, 2.05) is 30.3 Å². The fourth-order valence-electron chi connectivity index (χ4n) is 2.82. The number of hydrogen-bond donors (Lipinski definition) is 2. The third-order valence-corrected chi connectivity index (χ3v) is 4.04. The van der Waals surface area contributed by atoms with Crippen LogP contribution in [0.25, 0.3) is 0 Å². The monoisotopic (exact) mass is 340 g/mol. The number of para-hydroxylation sites is 2. The maximum Gasteiger partial charge on any atom is 0.340 e. The van der Waals surface area contributed by atoms with Crippen molar-refractivity contribution in [2.24, 2.45) is 0 Å². The molecular formula is C19H20N2O4. The number of ether oxygens (including phenoxy) is 2. The smallest absolute Gasteiger partial charge is 0.340 e. The summed E-state index contributed by atoms with van der Waals surface area (Å²) in [4.78, 5) is 24.3. The number of amides is 1. The Morgan fingerprint density at radius 1 is 1.16 bits per heavy atom. The molecule has 1 unspecified atom stereocenters. The molecule has 0 fully saturated rings. The van der Waals surface area contributed by atoms with E-state index in [1.165, 1.54) is 0 Å². The minimum Gasteiger partial charge on any atom is -0.493 e. The van der Waals surface area contributed by atoms with Crippen molar-refractivity contribution in [3.05, 3.63) is 59.7 Å². The zero-order chi connectivity index (χ0) is 17.6. The number of carbonyl (C=O) groups is 2. The highest BCUT2D eigenvalue weighted by Gasteiger charge is 2.23. The van der Waals surface area contributed by atoms with Gasteiger partial charge in [-0.1, -0.05) is 30.3 Å². The molecule has 0 aliphatic carbocycles. The lowest BCUT2D eigenvalue weighted by atomic mass is 10.0. The fourth-order valence-corrected chi connectivity index (χ4v) is 2.82. The summed E-state index contributed by atoms with van der Waals surface area (Å²) in [6.45, 7) is 0.216. The van der Waals surface area contributed by atoms with Crippen LogP contribution >= 0.6 is 0 Å². The van der Waals surface area contributed by atoms with E-state index in [-0.39, 0.29) is 18.6 Å². The van der Waals surface area contributed by atoms with Gasteiger partial charge in [-0.2, -0.15) is 0 Å². The second-order valence-corrected chi connectivity index (χ2v) is 5.67. The van der Waals surface area contributed by atoms with Crippen molar-refractivity contribution in [3.8, 4) is 5.75 Å². The van der Waals surface area contributed by atoms with Crippen LogP contribution in [-0.2, 0) is 9.53 Å². The van der Waals surface area contributed by atoms with E-state index in [9.17, 15) is 9.59 Å². The third kappa shape index (κ3) is 3.91. The summed E-state index contributed by atoms with van der Waals surface area (Å²) in [5.41, 5.74) is 1.99. The van der Waals surface area contributed by atoms with Crippen LogP contribution in [0, 0.1) is 0 Å². The van der Waals surface area contributed by atoms with Crippen molar-refractivity contribution < 1.29 is 19.1 Å². The predicted molar refractivity (Wildman–Crippen MR) is 93.7 cm³/mol. The Kier molecular flexibility index (Phi) is 5.18. The van der Waals surface area contributed by atoms with E-state index < -0.39 is 5.97 Å². The lowest BCUT2D eigenvalue weighted by Crippen LogP contribution is -2.35. The van der Waals surface area contributed by atoms with Crippen LogP contribution in [-0.4, -0.2) is 32.1 Å². The zero-order valence-electron chi connectivity index (χ0n) is 14.0. The lowest BCUT2D eigenvalue weighted by molar-refractivity contribution is -0.125. The maximum atomic E-state index is 12.2. The molecule has 0 aromatic heterocycles. The lowest BCUT2D eigenvalue weighted by Gasteiger charge is -2.26. The molecular weight excluding hydrogens is 320 g/mol. The van der Waals surface area contributed by atoms with Gasteiger partial charge in [0.2, 0.25) is 0 Å². The van der Waals surface area contributed by atoms with Crippen molar-refractivity contribution in [1.82, 2.24) is 5.32 Å². The van der Waals surface area contributed by atoms with Crippen LogP contribution in [0.3, 0.4) is 0 Å². The van der Waals surface area contributed by atoms with Gasteiger partial charge < -0.3 is 20.1 Å². The number of carbonyl (C=O) groups excluding carboxylic acids is 2. The van der Waals surface area contributed by atoms with E-state index in [0.717, 1.165) is 11.3 Å². The molecule has 1 heterocycles. The summed E-state index contributed by atoms with van der Waals surface area (Å²) in [6.07, 6.45) is 0.680. The maximum absolute atomic E-state index is 12.2. The van der Waals surface area contributed by atoms with Crippen LogP contribution in [0.5, 0.6) is 5.75 Å². The molecule has 0 saturated carbocycles. The van der Waals surface area contributed by atoms with Gasteiger partial charge in [0.25, 0.3) is 5.91 Å². The van der Waals surface area contributed by atoms with Gasteiger partial charge in [0.15, 0.2) is 6.61 Å². The largest absolute Gasteiger partial charge is 0.493 e. The van der Waals surface area contributed by atoms with E-state index >= 15 is 0 Å². The number of rotatable bonds is 5. The second kappa shape index (κ2) is 7.70. The normalized spacial score (nSPS) is 15.5. The molecule has 0 radical (unpaired) electrons. The van der Waals surface area contributed by atoms with Gasteiger partial charge in [0.1, 0.15) is 5.75 Å². The van der Waals surface area contributed by atoms with Crippen LogP contribution in [0.4, 0.5) is 5.69 Å². The molecule has 0 bridgehead atoms. The molecule has 25 heavy (non-hydrogen) atoms. The van der Waals surface area contributed by atoms with Crippen molar-refractivity contribution in [2.75, 3.05) is 25.6 Å². The molecule has 2 aromatic rings. The first-order valence-corrected chi connectivity index (χ1v) is 8.14. The minimum absolute atomic E-state index is 0.138. The summed E-state index contributed by atoms with van der Waals surface area (Å²) in [5, 5.41) is 5.82. The highest BCUT2D eigenvalue weighted by molar-refractivity contribution is 5.96. The first kappa shape index (κ1) is 16.8. The Labute approximate surface area is 146 Å². The first-order valence-electron chi connectivity index (χ1n) is 8.14. The van der Waals surface area contributed by atoms with Crippen LogP contribution < -0.4 is 15.4 Å². The van der Waals surface area contributed by atoms with E-state index in [2.05, 4.69) is 10.6 Å². The van der Waals surface area contributed by atoms with Gasteiger partial charge in [-0.15, -0.1) is 0 Å². The van der Waals surface area contributed by atoms with Gasteiger partial charge in [-0.3, -0.25) is 4.79 Å². The van der Waals surface area contributed by atoms with E-state index in [4.69, 9.17) is 9.47 Å². The molecule has 6 nitrogen and oxygen atoms in total. The van der Waals surface area contributed by atoms with Crippen LogP contribution in [0.15, 0.2) is 48.5 Å². The molecule has 0 saturated heterocycles. The Morgan fingerprint density at radius 3 is 2.76 bits per heavy atom. The standard InChI is InChI=1S/C19H20N2O4/c1-20-15-8-4-2-7-14(15)19(23)25-12-18(22)21-16-10-11-24-17-9-5-3-6-13(16)17/h2-9,16,20H,10-12H2,1H3,(H,21,22). The van der Waals surface area contributed by atoms with Gasteiger partial charge in [-0.25, -0.2) is 4.79 Å². The van der Waals surface area contributed by atoms with Gasteiger partial charge in [-0.05, 0) is 18.2 Å². The van der Waals surface area contributed by atoms with E-state index in [0.29, 0.717) is 24.3 Å². The molecule has 130 valence electrons. The average molecular weight is 340 g/mol. The predicted octanol–water partition coefficient (Wildman–Crippen LogP) is 2.53. The average Bonchev–Trinajstić information content (AvgIpc) is 2.66. The highest BCUT2D eigenvalue weighted by Crippen LogP contribution is 2.31. The van der Waals surface area contributed by atoms with Crippen molar-refractivity contribution in [3.63, 3.8) is 0 Å². The van der Waals surface area contributed by atoms with Crippen molar-refractivity contribution in [2.45, 2.75) is 12.5 Å². The van der Waals surface area contributed by atoms with Crippen molar-refractivity contribution in [1.29, 1.82) is 0 Å². The van der Waals surface area contributed by atoms with E-state index in [1.54, 1.807) is 25.2 Å². The van der Waals surface area contributed by atoms with Crippen LogP contribution in [0.2, 0.25) is 0 Å². The van der Waals surface area contributed by atoms with Crippen molar-refractivity contribution >= 4 is 17.6 Å². The molecule has 2 N–H and O–H groups in total. The van der Waals surface area contributed by atoms with Gasteiger partial charge in [0, 0.05) is 24.7 Å². The number of hydrogen-bond acceptors (Lipinski definition) is 5.